The minimum absolute atomic E-state index is 0.0610. The Bertz CT molecular complexity index is 741. The zero-order chi connectivity index (χ0) is 17.8. The Morgan fingerprint density at radius 1 is 1.36 bits per heavy atom. The number of hydrogen-bond donors (Lipinski definition) is 1. The van der Waals surface area contributed by atoms with Crippen molar-refractivity contribution in [3.05, 3.63) is 48.3 Å². The first-order valence-electron chi connectivity index (χ1n) is 8.72. The minimum Gasteiger partial charge on any atom is -0.344 e. The molecule has 6 heteroatoms. The van der Waals surface area contributed by atoms with Gasteiger partial charge in [-0.25, -0.2) is 0 Å². The second-order valence-corrected chi connectivity index (χ2v) is 6.49. The Morgan fingerprint density at radius 3 is 2.76 bits per heavy atom. The number of hydrogen-bond acceptors (Lipinski definition) is 3. The van der Waals surface area contributed by atoms with Crippen LogP contribution in [0.5, 0.6) is 0 Å². The molecule has 1 fully saturated rings. The number of rotatable bonds is 6. The van der Waals surface area contributed by atoms with Crippen LogP contribution in [0.2, 0.25) is 0 Å². The fraction of sp³-hybridized carbons (Fsp3) is 0.421. The predicted molar refractivity (Wildman–Crippen MR) is 96.2 cm³/mol. The number of aryl methyl sites for hydroxylation is 1. The molecule has 0 saturated carbocycles. The highest BCUT2D eigenvalue weighted by Gasteiger charge is 2.34. The van der Waals surface area contributed by atoms with Crippen LogP contribution in [0.1, 0.15) is 37.7 Å². The SMILES string of the molecule is CC[C@@H](CC(=O)N[C@@H]1CCN(c2cnn(C)c2)C1=O)c1ccccc1. The number of aromatic nitrogens is 2. The Balaban J connectivity index is 1.59. The zero-order valence-corrected chi connectivity index (χ0v) is 14.7. The van der Waals surface area contributed by atoms with E-state index in [0.29, 0.717) is 19.4 Å². The summed E-state index contributed by atoms with van der Waals surface area (Å²) in [5, 5.41) is 7.01. The molecule has 0 radical (unpaired) electrons. The molecule has 1 N–H and O–H groups in total. The van der Waals surface area contributed by atoms with Crippen LogP contribution < -0.4 is 10.2 Å². The molecule has 0 bridgehead atoms. The largest absolute Gasteiger partial charge is 0.344 e. The van der Waals surface area contributed by atoms with Crippen molar-refractivity contribution in [3.8, 4) is 0 Å². The molecule has 0 aliphatic carbocycles. The molecule has 1 saturated heterocycles. The summed E-state index contributed by atoms with van der Waals surface area (Å²) in [7, 11) is 1.82. The van der Waals surface area contributed by atoms with Crippen molar-refractivity contribution in [1.29, 1.82) is 0 Å². The van der Waals surface area contributed by atoms with Crippen molar-refractivity contribution in [2.24, 2.45) is 7.05 Å². The maximum Gasteiger partial charge on any atom is 0.249 e. The molecule has 2 atom stereocenters. The second-order valence-electron chi connectivity index (χ2n) is 6.49. The lowest BCUT2D eigenvalue weighted by molar-refractivity contribution is -0.126. The summed E-state index contributed by atoms with van der Waals surface area (Å²) < 4.78 is 1.67. The molecule has 1 aliphatic rings. The fourth-order valence-corrected chi connectivity index (χ4v) is 3.32. The molecule has 1 aromatic heterocycles. The fourth-order valence-electron chi connectivity index (χ4n) is 3.32. The summed E-state index contributed by atoms with van der Waals surface area (Å²) in [6, 6.07) is 9.60. The lowest BCUT2D eigenvalue weighted by Gasteiger charge is -2.18. The lowest BCUT2D eigenvalue weighted by atomic mass is 9.93. The molecule has 1 aliphatic heterocycles. The van der Waals surface area contributed by atoms with Crippen molar-refractivity contribution >= 4 is 17.5 Å². The van der Waals surface area contributed by atoms with Crippen LogP contribution in [0.4, 0.5) is 5.69 Å². The van der Waals surface area contributed by atoms with Gasteiger partial charge in [0.15, 0.2) is 0 Å². The first-order valence-corrected chi connectivity index (χ1v) is 8.72. The normalized spacial score (nSPS) is 18.4. The van der Waals surface area contributed by atoms with Crippen LogP contribution in [0.15, 0.2) is 42.7 Å². The molecule has 1 aromatic carbocycles. The van der Waals surface area contributed by atoms with Gasteiger partial charge in [-0.1, -0.05) is 37.3 Å². The van der Waals surface area contributed by atoms with Gasteiger partial charge in [0.25, 0.3) is 0 Å². The molecule has 2 heterocycles. The maximum atomic E-state index is 12.6. The smallest absolute Gasteiger partial charge is 0.249 e. The van der Waals surface area contributed by atoms with Gasteiger partial charge in [-0.2, -0.15) is 5.10 Å². The summed E-state index contributed by atoms with van der Waals surface area (Å²) in [5.41, 5.74) is 1.94. The Labute approximate surface area is 147 Å². The first-order chi connectivity index (χ1) is 12.1. The molecule has 132 valence electrons. The first kappa shape index (κ1) is 17.2. The van der Waals surface area contributed by atoms with Crippen LogP contribution in [0.3, 0.4) is 0 Å². The topological polar surface area (TPSA) is 67.2 Å². The number of benzene rings is 1. The Morgan fingerprint density at radius 2 is 2.12 bits per heavy atom. The van der Waals surface area contributed by atoms with Crippen molar-refractivity contribution in [3.63, 3.8) is 0 Å². The number of amides is 2. The highest BCUT2D eigenvalue weighted by Crippen LogP contribution is 2.24. The second kappa shape index (κ2) is 7.51. The van der Waals surface area contributed by atoms with E-state index in [2.05, 4.69) is 17.3 Å². The van der Waals surface area contributed by atoms with Gasteiger partial charge in [0.1, 0.15) is 6.04 Å². The number of anilines is 1. The number of nitrogens with one attached hydrogen (secondary N) is 1. The maximum absolute atomic E-state index is 12.6. The third-order valence-electron chi connectivity index (χ3n) is 4.74. The summed E-state index contributed by atoms with van der Waals surface area (Å²) >= 11 is 0. The van der Waals surface area contributed by atoms with Crippen molar-refractivity contribution in [1.82, 2.24) is 15.1 Å². The van der Waals surface area contributed by atoms with E-state index in [9.17, 15) is 9.59 Å². The van der Waals surface area contributed by atoms with Gasteiger partial charge < -0.3 is 10.2 Å². The van der Waals surface area contributed by atoms with E-state index < -0.39 is 6.04 Å². The molecule has 6 nitrogen and oxygen atoms in total. The van der Waals surface area contributed by atoms with Gasteiger partial charge in [-0.15, -0.1) is 0 Å². The van der Waals surface area contributed by atoms with Crippen LogP contribution in [0, 0.1) is 0 Å². The highest BCUT2D eigenvalue weighted by molar-refractivity contribution is 6.01. The molecule has 0 spiro atoms. The summed E-state index contributed by atoms with van der Waals surface area (Å²) in [5.74, 6) is 0.0448. The monoisotopic (exact) mass is 340 g/mol. The molecule has 0 unspecified atom stereocenters. The third-order valence-corrected chi connectivity index (χ3v) is 4.74. The van der Waals surface area contributed by atoms with Gasteiger partial charge >= 0.3 is 0 Å². The van der Waals surface area contributed by atoms with Gasteiger partial charge in [0, 0.05) is 26.2 Å². The summed E-state index contributed by atoms with van der Waals surface area (Å²) in [6.07, 6.45) is 5.39. The molecular weight excluding hydrogens is 316 g/mol. The predicted octanol–water partition coefficient (Wildman–Crippen LogP) is 2.23. The van der Waals surface area contributed by atoms with Gasteiger partial charge in [0.2, 0.25) is 11.8 Å². The van der Waals surface area contributed by atoms with Crippen LogP contribution in [0.25, 0.3) is 0 Å². The number of carbonyl (C=O) groups is 2. The van der Waals surface area contributed by atoms with Gasteiger partial charge in [-0.3, -0.25) is 14.3 Å². The standard InChI is InChI=1S/C19H24N4O2/c1-3-14(15-7-5-4-6-8-15)11-18(24)21-17-9-10-23(19(17)25)16-12-20-22(2)13-16/h4-8,12-14,17H,3,9-11H2,1-2H3,(H,21,24)/t14-,17+/m0/s1. The van der Waals surface area contributed by atoms with E-state index in [1.54, 1.807) is 15.8 Å². The molecule has 2 amide bonds. The molecule has 25 heavy (non-hydrogen) atoms. The lowest BCUT2D eigenvalue weighted by Crippen LogP contribution is -2.41. The van der Waals surface area contributed by atoms with Crippen molar-refractivity contribution < 1.29 is 9.59 Å². The zero-order valence-electron chi connectivity index (χ0n) is 14.7. The number of carbonyl (C=O) groups excluding carboxylic acids is 2. The Kier molecular flexibility index (Phi) is 5.16. The average molecular weight is 340 g/mol. The summed E-state index contributed by atoms with van der Waals surface area (Å²) in [4.78, 5) is 26.7. The van der Waals surface area contributed by atoms with E-state index >= 15 is 0 Å². The number of nitrogens with zero attached hydrogens (tertiary/aromatic N) is 3. The van der Waals surface area contributed by atoms with Crippen molar-refractivity contribution in [2.45, 2.75) is 38.1 Å². The quantitative estimate of drug-likeness (QED) is 0.877. The van der Waals surface area contributed by atoms with E-state index in [-0.39, 0.29) is 17.7 Å². The average Bonchev–Trinajstić information content (AvgIpc) is 3.20. The highest BCUT2D eigenvalue weighted by atomic mass is 16.2. The summed E-state index contributed by atoms with van der Waals surface area (Å²) in [6.45, 7) is 2.68. The molecule has 3 rings (SSSR count). The third kappa shape index (κ3) is 3.90. The van der Waals surface area contributed by atoms with E-state index in [0.717, 1.165) is 17.7 Å². The van der Waals surface area contributed by atoms with Crippen LogP contribution >= 0.6 is 0 Å². The molecule has 2 aromatic rings. The van der Waals surface area contributed by atoms with Crippen molar-refractivity contribution in [2.75, 3.05) is 11.4 Å². The van der Waals surface area contributed by atoms with Crippen LogP contribution in [-0.2, 0) is 16.6 Å². The Hall–Kier alpha value is -2.63. The van der Waals surface area contributed by atoms with Gasteiger partial charge in [0.05, 0.1) is 11.9 Å². The van der Waals surface area contributed by atoms with E-state index in [4.69, 9.17) is 0 Å². The van der Waals surface area contributed by atoms with E-state index in [1.807, 2.05) is 43.6 Å². The molecular formula is C19H24N4O2. The minimum atomic E-state index is -0.444. The van der Waals surface area contributed by atoms with Crippen LogP contribution in [-0.4, -0.2) is 34.2 Å². The van der Waals surface area contributed by atoms with Gasteiger partial charge in [-0.05, 0) is 24.3 Å². The van der Waals surface area contributed by atoms with E-state index in [1.165, 1.54) is 0 Å².